The van der Waals surface area contributed by atoms with Gasteiger partial charge in [0.25, 0.3) is 5.56 Å². The molecule has 9 heteroatoms. The minimum absolute atomic E-state index is 0.0713. The summed E-state index contributed by atoms with van der Waals surface area (Å²) < 4.78 is 28.3. The van der Waals surface area contributed by atoms with Gasteiger partial charge >= 0.3 is 0 Å². The summed E-state index contributed by atoms with van der Waals surface area (Å²) in [6.45, 7) is 1.79. The van der Waals surface area contributed by atoms with E-state index in [4.69, 9.17) is 0 Å². The van der Waals surface area contributed by atoms with E-state index in [0.717, 1.165) is 25.5 Å². The summed E-state index contributed by atoms with van der Waals surface area (Å²) in [6.07, 6.45) is 7.41. The zero-order valence-corrected chi connectivity index (χ0v) is 17.4. The van der Waals surface area contributed by atoms with Crippen LogP contribution in [-0.2, 0) is 21.4 Å². The third kappa shape index (κ3) is 3.25. The third-order valence-corrected chi connectivity index (χ3v) is 7.72. The van der Waals surface area contributed by atoms with E-state index in [1.165, 1.54) is 4.31 Å². The predicted molar refractivity (Wildman–Crippen MR) is 108 cm³/mol. The summed E-state index contributed by atoms with van der Waals surface area (Å²) in [4.78, 5) is 25.9. The van der Waals surface area contributed by atoms with Crippen molar-refractivity contribution in [2.24, 2.45) is 11.8 Å². The first-order chi connectivity index (χ1) is 13.8. The number of nitrogens with zero attached hydrogens (tertiary/aromatic N) is 2. The van der Waals surface area contributed by atoms with Crippen LogP contribution < -0.4 is 10.9 Å². The Morgan fingerprint density at radius 1 is 1.34 bits per heavy atom. The number of rotatable bonds is 5. The van der Waals surface area contributed by atoms with Crippen LogP contribution in [0.5, 0.6) is 0 Å². The number of nitrogens with one attached hydrogen (secondary N) is 1. The van der Waals surface area contributed by atoms with Crippen molar-refractivity contribution in [1.29, 1.82) is 0 Å². The van der Waals surface area contributed by atoms with Crippen molar-refractivity contribution in [3.8, 4) is 0 Å². The monoisotopic (exact) mass is 421 g/mol. The molecule has 2 N–H and O–H groups in total. The van der Waals surface area contributed by atoms with Gasteiger partial charge in [0, 0.05) is 42.3 Å². The molecule has 2 fully saturated rings. The lowest BCUT2D eigenvalue weighted by molar-refractivity contribution is -0.127. The van der Waals surface area contributed by atoms with Gasteiger partial charge in [0.2, 0.25) is 15.9 Å². The molecule has 158 valence electrons. The normalized spacial score (nSPS) is 29.6. The predicted octanol–water partition coefficient (Wildman–Crippen LogP) is 0.473. The number of aromatic nitrogens is 1. The molecule has 1 aromatic rings. The Balaban J connectivity index is 1.78. The van der Waals surface area contributed by atoms with Gasteiger partial charge in [-0.15, -0.1) is 0 Å². The number of sulfonamides is 1. The molecular formula is C20H27N3O5S. The van der Waals surface area contributed by atoms with Crippen molar-refractivity contribution < 1.29 is 18.3 Å². The fourth-order valence-electron chi connectivity index (χ4n) is 4.97. The van der Waals surface area contributed by atoms with Gasteiger partial charge in [-0.2, -0.15) is 4.31 Å². The number of hydrogen-bond donors (Lipinski definition) is 2. The maximum atomic E-state index is 13.0. The highest BCUT2D eigenvalue weighted by molar-refractivity contribution is 7.88. The number of aliphatic hydroxyl groups excluding tert-OH is 1. The Hall–Kier alpha value is -1.97. The fraction of sp³-hybridized carbons (Fsp3) is 0.600. The Morgan fingerprint density at radius 3 is 2.62 bits per heavy atom. The van der Waals surface area contributed by atoms with Crippen LogP contribution in [0.3, 0.4) is 0 Å². The summed E-state index contributed by atoms with van der Waals surface area (Å²) >= 11 is 0. The highest BCUT2D eigenvalue weighted by atomic mass is 32.2. The quantitative estimate of drug-likeness (QED) is 0.719. The number of hydrogen-bond acceptors (Lipinski definition) is 5. The SMILES string of the molecule is C/C=C/c1ccc2n(c1=O)C[C@@H]1[C@@H](CO)[C@H](C(=O)NC3CCC3)N(S(C)(=O)=O)[C@H]21. The molecule has 0 unspecified atom stereocenters. The zero-order valence-electron chi connectivity index (χ0n) is 16.6. The number of amides is 1. The van der Waals surface area contributed by atoms with Gasteiger partial charge in [-0.05, 0) is 38.3 Å². The van der Waals surface area contributed by atoms with Crippen LogP contribution in [0.4, 0.5) is 0 Å². The van der Waals surface area contributed by atoms with Gasteiger partial charge in [-0.1, -0.05) is 12.2 Å². The van der Waals surface area contributed by atoms with E-state index in [0.29, 0.717) is 11.3 Å². The third-order valence-electron chi connectivity index (χ3n) is 6.50. The van der Waals surface area contributed by atoms with E-state index >= 15 is 0 Å². The minimum atomic E-state index is -3.76. The Kier molecular flexibility index (Phi) is 5.16. The number of fused-ring (bicyclic) bond motifs is 3. The van der Waals surface area contributed by atoms with E-state index in [9.17, 15) is 23.1 Å². The molecular weight excluding hydrogens is 394 g/mol. The maximum absolute atomic E-state index is 13.0. The lowest BCUT2D eigenvalue weighted by atomic mass is 9.87. The zero-order chi connectivity index (χ0) is 20.9. The molecule has 4 rings (SSSR count). The van der Waals surface area contributed by atoms with Crippen LogP contribution >= 0.6 is 0 Å². The number of allylic oxidation sites excluding steroid dienone is 1. The highest BCUT2D eigenvalue weighted by Crippen LogP contribution is 2.50. The maximum Gasteiger partial charge on any atom is 0.258 e. The van der Waals surface area contributed by atoms with E-state index in [2.05, 4.69) is 5.32 Å². The molecule has 1 amide bonds. The average Bonchev–Trinajstić information content (AvgIpc) is 3.14. The first kappa shape index (κ1) is 20.3. The standard InChI is InChI=1S/C20H27N3O5S/c1-3-5-12-8-9-16-17-14(10-22(16)20(12)26)15(11-24)18(23(17)29(2,27)28)19(25)21-13-6-4-7-13/h3,5,8-9,13-15,17-18,24H,4,6-7,10-11H2,1-2H3,(H,21,25)/b5-3+/t14-,15-,17+,18-/m1/s1. The van der Waals surface area contributed by atoms with Crippen LogP contribution in [0, 0.1) is 11.8 Å². The number of carbonyl (C=O) groups is 1. The first-order valence-corrected chi connectivity index (χ1v) is 11.9. The molecule has 3 heterocycles. The van der Waals surface area contributed by atoms with Crippen LogP contribution in [0.25, 0.3) is 6.08 Å². The lowest BCUT2D eigenvalue weighted by Gasteiger charge is -2.32. The molecule has 0 bridgehead atoms. The van der Waals surface area contributed by atoms with Crippen LogP contribution in [0.2, 0.25) is 0 Å². The van der Waals surface area contributed by atoms with E-state index < -0.39 is 28.0 Å². The van der Waals surface area contributed by atoms with Crippen LogP contribution in [-0.4, -0.2) is 53.3 Å². The van der Waals surface area contributed by atoms with Gasteiger partial charge in [0.15, 0.2) is 0 Å². The molecule has 1 aliphatic carbocycles. The fourth-order valence-corrected chi connectivity index (χ4v) is 6.32. The van der Waals surface area contributed by atoms with Crippen molar-refractivity contribution in [3.05, 3.63) is 39.8 Å². The molecule has 1 aromatic heterocycles. The van der Waals surface area contributed by atoms with Crippen LogP contribution in [0.15, 0.2) is 23.0 Å². The molecule has 8 nitrogen and oxygen atoms in total. The molecule has 4 atom stereocenters. The van der Waals surface area contributed by atoms with Crippen molar-refractivity contribution in [2.75, 3.05) is 12.9 Å². The molecule has 0 aromatic carbocycles. The molecule has 3 aliphatic rings. The second-order valence-electron chi connectivity index (χ2n) is 8.26. The van der Waals surface area contributed by atoms with Crippen molar-refractivity contribution >= 4 is 22.0 Å². The summed E-state index contributed by atoms with van der Waals surface area (Å²) in [5, 5.41) is 13.0. The second-order valence-corrected chi connectivity index (χ2v) is 10.1. The number of pyridine rings is 1. The van der Waals surface area contributed by atoms with Gasteiger partial charge in [-0.25, -0.2) is 8.42 Å². The Morgan fingerprint density at radius 2 is 2.07 bits per heavy atom. The molecule has 1 saturated carbocycles. The van der Waals surface area contributed by atoms with E-state index in [1.807, 2.05) is 6.92 Å². The minimum Gasteiger partial charge on any atom is -0.396 e. The summed E-state index contributed by atoms with van der Waals surface area (Å²) in [5.41, 5.74) is 0.925. The van der Waals surface area contributed by atoms with Gasteiger partial charge < -0.3 is 15.0 Å². The van der Waals surface area contributed by atoms with E-state index in [1.54, 1.807) is 28.9 Å². The lowest BCUT2D eigenvalue weighted by Crippen LogP contribution is -2.53. The largest absolute Gasteiger partial charge is 0.396 e. The molecule has 2 aliphatic heterocycles. The smallest absolute Gasteiger partial charge is 0.258 e. The van der Waals surface area contributed by atoms with Crippen molar-refractivity contribution in [3.63, 3.8) is 0 Å². The molecule has 1 saturated heterocycles. The topological polar surface area (TPSA) is 109 Å². The van der Waals surface area contributed by atoms with Crippen LogP contribution in [0.1, 0.15) is 43.5 Å². The highest BCUT2D eigenvalue weighted by Gasteiger charge is 2.58. The molecule has 29 heavy (non-hydrogen) atoms. The summed E-state index contributed by atoms with van der Waals surface area (Å²) in [5.74, 6) is -1.26. The summed E-state index contributed by atoms with van der Waals surface area (Å²) in [6, 6.07) is 1.92. The molecule has 0 spiro atoms. The Bertz CT molecular complexity index is 1010. The average molecular weight is 422 g/mol. The Labute approximate surface area is 170 Å². The molecule has 0 radical (unpaired) electrons. The van der Waals surface area contributed by atoms with E-state index in [-0.39, 0.29) is 36.6 Å². The number of carbonyl (C=O) groups excluding carboxylic acids is 1. The summed E-state index contributed by atoms with van der Waals surface area (Å²) in [7, 11) is -3.76. The van der Waals surface area contributed by atoms with Crippen molar-refractivity contribution in [2.45, 2.75) is 50.9 Å². The van der Waals surface area contributed by atoms with Gasteiger partial charge in [-0.3, -0.25) is 9.59 Å². The van der Waals surface area contributed by atoms with Crippen molar-refractivity contribution in [1.82, 2.24) is 14.2 Å². The second kappa shape index (κ2) is 7.37. The first-order valence-electron chi connectivity index (χ1n) is 10.0. The van der Waals surface area contributed by atoms with Gasteiger partial charge in [0.1, 0.15) is 6.04 Å². The van der Waals surface area contributed by atoms with Gasteiger partial charge in [0.05, 0.1) is 12.3 Å². The number of aliphatic hydroxyl groups is 1.